The summed E-state index contributed by atoms with van der Waals surface area (Å²) in [6.45, 7) is 7.26. The van der Waals surface area contributed by atoms with Crippen LogP contribution in [0, 0.1) is 22.7 Å². The molecule has 7 atom stereocenters. The molecule has 1 heterocycles. The minimum atomic E-state index is -1.29. The maximum atomic E-state index is 12.9. The Morgan fingerprint density at radius 1 is 1.27 bits per heavy atom. The van der Waals surface area contributed by atoms with Crippen LogP contribution in [-0.2, 0) is 25.5 Å². The van der Waals surface area contributed by atoms with Crippen molar-refractivity contribution in [3.63, 3.8) is 0 Å². The summed E-state index contributed by atoms with van der Waals surface area (Å²) in [7, 11) is 1.34. The Morgan fingerprint density at radius 2 is 1.97 bits per heavy atom. The van der Waals surface area contributed by atoms with Crippen LogP contribution in [0.3, 0.4) is 0 Å². The summed E-state index contributed by atoms with van der Waals surface area (Å²) in [5.74, 6) is -1.68. The number of fused-ring (bicyclic) bond motifs is 4. The van der Waals surface area contributed by atoms with Crippen LogP contribution in [0.25, 0.3) is 0 Å². The first-order valence-electron chi connectivity index (χ1n) is 10.7. The molecule has 3 aliphatic rings. The van der Waals surface area contributed by atoms with Gasteiger partial charge in [0.25, 0.3) is 0 Å². The van der Waals surface area contributed by atoms with Crippen LogP contribution in [0.2, 0.25) is 0 Å². The second-order valence-corrected chi connectivity index (χ2v) is 10.1. The number of carbonyl (C=O) groups is 2. The third-order valence-corrected chi connectivity index (χ3v) is 8.58. The van der Waals surface area contributed by atoms with E-state index in [1.54, 1.807) is 12.3 Å². The number of furan rings is 1. The van der Waals surface area contributed by atoms with Gasteiger partial charge in [0.15, 0.2) is 0 Å². The fourth-order valence-corrected chi connectivity index (χ4v) is 6.89. The molecule has 0 saturated heterocycles. The van der Waals surface area contributed by atoms with Gasteiger partial charge in [-0.15, -0.1) is 0 Å². The van der Waals surface area contributed by atoms with Crippen LogP contribution in [0.15, 0.2) is 16.7 Å². The van der Waals surface area contributed by atoms with Crippen LogP contribution in [-0.4, -0.2) is 47.1 Å². The highest BCUT2D eigenvalue weighted by Gasteiger charge is 2.72. The number of aliphatic hydroxyl groups is 2. The zero-order valence-electron chi connectivity index (χ0n) is 18.3. The van der Waals surface area contributed by atoms with Gasteiger partial charge in [-0.2, -0.15) is 0 Å². The van der Waals surface area contributed by atoms with Crippen molar-refractivity contribution in [1.29, 1.82) is 0 Å². The SMILES string of the molecule is COC(=O)[C@@H]1c2ccoc2C[C@H]2[C@H]1[C@@H](OC(C)=O)C[C@@]1(O)C(C)(C)CC[C@H](O)[C@]21C. The van der Waals surface area contributed by atoms with E-state index in [9.17, 15) is 19.8 Å². The van der Waals surface area contributed by atoms with Gasteiger partial charge in [-0.25, -0.2) is 0 Å². The number of hydrogen-bond donors (Lipinski definition) is 2. The Labute approximate surface area is 176 Å². The second kappa shape index (κ2) is 6.82. The third-order valence-electron chi connectivity index (χ3n) is 8.58. The van der Waals surface area contributed by atoms with E-state index in [1.165, 1.54) is 14.0 Å². The fraction of sp³-hybridized carbons (Fsp3) is 0.739. The van der Waals surface area contributed by atoms with E-state index < -0.39 is 52.4 Å². The zero-order valence-corrected chi connectivity index (χ0v) is 18.3. The van der Waals surface area contributed by atoms with Crippen molar-refractivity contribution in [2.24, 2.45) is 22.7 Å². The minimum absolute atomic E-state index is 0.162. The van der Waals surface area contributed by atoms with Gasteiger partial charge in [-0.05, 0) is 30.2 Å². The first-order valence-corrected chi connectivity index (χ1v) is 10.7. The number of ether oxygens (including phenoxy) is 2. The molecule has 2 fully saturated rings. The zero-order chi connectivity index (χ0) is 22.1. The molecule has 0 radical (unpaired) electrons. The molecule has 0 amide bonds. The molecule has 30 heavy (non-hydrogen) atoms. The molecule has 7 nitrogen and oxygen atoms in total. The van der Waals surface area contributed by atoms with E-state index >= 15 is 0 Å². The molecule has 0 aromatic carbocycles. The second-order valence-electron chi connectivity index (χ2n) is 10.1. The normalized spacial score (nSPS) is 41.8. The van der Waals surface area contributed by atoms with Gasteiger partial charge in [-0.3, -0.25) is 9.59 Å². The monoisotopic (exact) mass is 420 g/mol. The van der Waals surface area contributed by atoms with E-state index in [0.717, 1.165) is 5.56 Å². The highest BCUT2D eigenvalue weighted by Crippen LogP contribution is 2.67. The third kappa shape index (κ3) is 2.64. The van der Waals surface area contributed by atoms with Gasteiger partial charge in [0.2, 0.25) is 0 Å². The molecule has 2 saturated carbocycles. The quantitative estimate of drug-likeness (QED) is 0.708. The Bertz CT molecular complexity index is 857. The van der Waals surface area contributed by atoms with Crippen molar-refractivity contribution < 1.29 is 33.7 Å². The molecule has 1 aromatic rings. The summed E-state index contributed by atoms with van der Waals surface area (Å²) in [5, 5.41) is 23.4. The van der Waals surface area contributed by atoms with Crippen molar-refractivity contribution in [3.8, 4) is 0 Å². The highest BCUT2D eigenvalue weighted by atomic mass is 16.5. The Morgan fingerprint density at radius 3 is 2.60 bits per heavy atom. The number of aliphatic hydroxyl groups excluding tert-OH is 1. The lowest BCUT2D eigenvalue weighted by molar-refractivity contribution is -0.296. The molecule has 3 aliphatic carbocycles. The number of methoxy groups -OCH3 is 1. The molecule has 0 unspecified atom stereocenters. The van der Waals surface area contributed by atoms with Gasteiger partial charge in [-0.1, -0.05) is 20.8 Å². The summed E-state index contributed by atoms with van der Waals surface area (Å²) in [6.07, 6.45) is 1.93. The molecule has 0 bridgehead atoms. The van der Waals surface area contributed by atoms with Crippen LogP contribution in [0.4, 0.5) is 0 Å². The van der Waals surface area contributed by atoms with Crippen molar-refractivity contribution in [3.05, 3.63) is 23.7 Å². The van der Waals surface area contributed by atoms with Crippen molar-refractivity contribution in [2.75, 3.05) is 7.11 Å². The van der Waals surface area contributed by atoms with E-state index in [-0.39, 0.29) is 12.3 Å². The van der Waals surface area contributed by atoms with Crippen molar-refractivity contribution >= 4 is 11.9 Å². The minimum Gasteiger partial charge on any atom is -0.469 e. The molecule has 166 valence electrons. The lowest BCUT2D eigenvalue weighted by Crippen LogP contribution is -2.74. The molecule has 0 aliphatic heterocycles. The molecule has 1 aromatic heterocycles. The lowest BCUT2D eigenvalue weighted by atomic mass is 9.40. The average molecular weight is 421 g/mol. The number of carbonyl (C=O) groups excluding carboxylic acids is 2. The van der Waals surface area contributed by atoms with E-state index in [1.807, 2.05) is 20.8 Å². The van der Waals surface area contributed by atoms with Gasteiger partial charge in [0.1, 0.15) is 11.9 Å². The van der Waals surface area contributed by atoms with E-state index in [0.29, 0.717) is 25.0 Å². The van der Waals surface area contributed by atoms with Crippen LogP contribution >= 0.6 is 0 Å². The predicted octanol–water partition coefficient (Wildman–Crippen LogP) is 2.58. The molecular weight excluding hydrogens is 388 g/mol. The summed E-state index contributed by atoms with van der Waals surface area (Å²) in [4.78, 5) is 24.9. The number of rotatable bonds is 2. The lowest BCUT2D eigenvalue weighted by Gasteiger charge is -2.68. The number of esters is 2. The van der Waals surface area contributed by atoms with Gasteiger partial charge >= 0.3 is 11.9 Å². The maximum Gasteiger partial charge on any atom is 0.313 e. The highest BCUT2D eigenvalue weighted by molar-refractivity contribution is 5.79. The van der Waals surface area contributed by atoms with Crippen LogP contribution in [0.5, 0.6) is 0 Å². The van der Waals surface area contributed by atoms with Gasteiger partial charge in [0, 0.05) is 36.7 Å². The van der Waals surface area contributed by atoms with Crippen LogP contribution in [0.1, 0.15) is 64.2 Å². The Kier molecular flexibility index (Phi) is 4.86. The Balaban J connectivity index is 1.93. The molecular formula is C23H32O7. The van der Waals surface area contributed by atoms with E-state index in [4.69, 9.17) is 13.9 Å². The molecule has 0 spiro atoms. The average Bonchev–Trinajstić information content (AvgIpc) is 3.14. The molecule has 2 N–H and O–H groups in total. The smallest absolute Gasteiger partial charge is 0.313 e. The fourth-order valence-electron chi connectivity index (χ4n) is 6.89. The topological polar surface area (TPSA) is 106 Å². The first kappa shape index (κ1) is 21.4. The van der Waals surface area contributed by atoms with E-state index in [2.05, 4.69) is 0 Å². The largest absolute Gasteiger partial charge is 0.469 e. The summed E-state index contributed by atoms with van der Waals surface area (Å²) >= 11 is 0. The summed E-state index contributed by atoms with van der Waals surface area (Å²) in [6, 6.07) is 1.77. The van der Waals surface area contributed by atoms with Crippen molar-refractivity contribution in [1.82, 2.24) is 0 Å². The van der Waals surface area contributed by atoms with Gasteiger partial charge < -0.3 is 24.1 Å². The standard InChI is InChI=1S/C23H32O7/c1-12(24)30-16-11-23(27)21(2,3)8-6-17(25)22(23,4)14-10-15-13(7-9-29-15)18(19(14)16)20(26)28-5/h7,9,14,16-19,25,27H,6,8,10-11H2,1-5H3/t14-,16-,17-,18+,19-,22-,23+/m0/s1. The number of hydrogen-bond acceptors (Lipinski definition) is 7. The summed E-state index contributed by atoms with van der Waals surface area (Å²) < 4.78 is 16.6. The molecule has 7 heteroatoms. The van der Waals surface area contributed by atoms with Gasteiger partial charge in [0.05, 0.1) is 31.0 Å². The van der Waals surface area contributed by atoms with Crippen molar-refractivity contribution in [2.45, 2.75) is 77.1 Å². The Hall–Kier alpha value is -1.86. The maximum absolute atomic E-state index is 12.9. The first-order chi connectivity index (χ1) is 14.0. The molecule has 4 rings (SSSR count). The predicted molar refractivity (Wildman–Crippen MR) is 106 cm³/mol. The van der Waals surface area contributed by atoms with Crippen LogP contribution < -0.4 is 0 Å². The summed E-state index contributed by atoms with van der Waals surface area (Å²) in [5.41, 5.74) is -1.97.